The van der Waals surface area contributed by atoms with E-state index in [1.807, 2.05) is 0 Å². The molecule has 0 amide bonds. The minimum absolute atomic E-state index is 0.106. The zero-order chi connectivity index (χ0) is 11.0. The average Bonchev–Trinajstić information content (AvgIpc) is 2.35. The van der Waals surface area contributed by atoms with Crippen LogP contribution in [0.15, 0.2) is 5.18 Å². The second kappa shape index (κ2) is 4.44. The molecule has 0 radical (unpaired) electrons. The normalized spacial score (nSPS) is 47.9. The predicted octanol–water partition coefficient (Wildman–Crippen LogP) is 2.84. The third kappa shape index (κ3) is 1.79. The van der Waals surface area contributed by atoms with Gasteiger partial charge >= 0.3 is 0 Å². The molecule has 3 fully saturated rings. The first kappa shape index (κ1) is 10.7. The molecule has 0 aromatic rings. The molecule has 0 spiro atoms. The van der Waals surface area contributed by atoms with Crippen LogP contribution in [-0.2, 0) is 0 Å². The molecule has 1 saturated heterocycles. The van der Waals surface area contributed by atoms with Gasteiger partial charge in [0.25, 0.3) is 0 Å². The highest BCUT2D eigenvalue weighted by Gasteiger charge is 2.43. The van der Waals surface area contributed by atoms with E-state index in [-0.39, 0.29) is 6.04 Å². The van der Waals surface area contributed by atoms with Crippen molar-refractivity contribution in [1.29, 1.82) is 0 Å². The van der Waals surface area contributed by atoms with E-state index in [0.717, 1.165) is 18.4 Å². The van der Waals surface area contributed by atoms with Gasteiger partial charge in [0.1, 0.15) is 0 Å². The van der Waals surface area contributed by atoms with E-state index in [1.54, 1.807) is 0 Å². The van der Waals surface area contributed by atoms with Crippen molar-refractivity contribution in [3.8, 4) is 0 Å². The Bertz CT molecular complexity index is 269. The van der Waals surface area contributed by atoms with Gasteiger partial charge in [-0.2, -0.15) is 4.91 Å². The molecule has 1 aliphatic heterocycles. The lowest BCUT2D eigenvalue weighted by Crippen LogP contribution is -2.57. The van der Waals surface area contributed by atoms with E-state index in [4.69, 9.17) is 0 Å². The molecule has 0 aromatic heterocycles. The fraction of sp³-hybridized carbons (Fsp3) is 1.00. The highest BCUT2D eigenvalue weighted by atomic mass is 16.3. The van der Waals surface area contributed by atoms with Gasteiger partial charge in [-0.05, 0) is 44.4 Å². The highest BCUT2D eigenvalue weighted by molar-refractivity contribution is 4.99. The lowest BCUT2D eigenvalue weighted by molar-refractivity contribution is 0.0829. The number of fused-ring (bicyclic) bond motifs is 2. The fourth-order valence-corrected chi connectivity index (χ4v) is 4.24. The van der Waals surface area contributed by atoms with Crippen LogP contribution in [0.3, 0.4) is 0 Å². The third-order valence-electron chi connectivity index (χ3n) is 5.07. The zero-order valence-electron chi connectivity index (χ0n) is 9.90. The summed E-state index contributed by atoms with van der Waals surface area (Å²) in [7, 11) is 0. The molecule has 2 saturated carbocycles. The van der Waals surface area contributed by atoms with Gasteiger partial charge in [0.2, 0.25) is 0 Å². The first-order valence-corrected chi connectivity index (χ1v) is 6.97. The number of nitrogens with zero attached hydrogens (tertiary/aromatic N) is 1. The van der Waals surface area contributed by atoms with Gasteiger partial charge in [0.15, 0.2) is 0 Å². The summed E-state index contributed by atoms with van der Waals surface area (Å²) in [5.41, 5.74) is 0. The zero-order valence-corrected chi connectivity index (χ0v) is 9.90. The van der Waals surface area contributed by atoms with Crippen LogP contribution in [0.2, 0.25) is 0 Å². The molecule has 5 atom stereocenters. The van der Waals surface area contributed by atoms with Crippen LogP contribution in [0.25, 0.3) is 0 Å². The SMILES string of the molecule is O=NC1CCCC2NC3CCCCC3CC12. The van der Waals surface area contributed by atoms with E-state index in [0.29, 0.717) is 12.0 Å². The van der Waals surface area contributed by atoms with Crippen molar-refractivity contribution in [2.75, 3.05) is 0 Å². The molecule has 16 heavy (non-hydrogen) atoms. The Morgan fingerprint density at radius 3 is 2.62 bits per heavy atom. The lowest BCUT2D eigenvalue weighted by Gasteiger charge is -2.48. The summed E-state index contributed by atoms with van der Waals surface area (Å²) >= 11 is 0. The van der Waals surface area contributed by atoms with Crippen LogP contribution in [0.5, 0.6) is 0 Å². The van der Waals surface area contributed by atoms with Gasteiger partial charge in [-0.25, -0.2) is 0 Å². The minimum Gasteiger partial charge on any atom is -0.311 e. The Hall–Kier alpha value is -0.440. The van der Waals surface area contributed by atoms with E-state index in [1.165, 1.54) is 44.9 Å². The van der Waals surface area contributed by atoms with Gasteiger partial charge in [-0.15, -0.1) is 0 Å². The molecular weight excluding hydrogens is 200 g/mol. The summed E-state index contributed by atoms with van der Waals surface area (Å²) in [4.78, 5) is 10.9. The lowest BCUT2D eigenvalue weighted by atomic mass is 9.67. The van der Waals surface area contributed by atoms with E-state index in [2.05, 4.69) is 10.5 Å². The fourth-order valence-electron chi connectivity index (χ4n) is 4.24. The number of piperidine rings is 1. The van der Waals surface area contributed by atoms with E-state index >= 15 is 0 Å². The standard InChI is InChI=1S/C13H22N2O/c16-15-13-7-3-6-12-10(13)8-9-4-1-2-5-11(9)14-12/h9-14H,1-8H2. The summed E-state index contributed by atoms with van der Waals surface area (Å²) < 4.78 is 0. The molecule has 0 aromatic carbocycles. The Balaban J connectivity index is 1.73. The molecule has 1 N–H and O–H groups in total. The Morgan fingerprint density at radius 2 is 1.75 bits per heavy atom. The smallest absolute Gasteiger partial charge is 0.0962 e. The summed E-state index contributed by atoms with van der Waals surface area (Å²) in [6.45, 7) is 0. The van der Waals surface area contributed by atoms with E-state index < -0.39 is 0 Å². The Morgan fingerprint density at radius 1 is 0.938 bits per heavy atom. The third-order valence-corrected chi connectivity index (χ3v) is 5.07. The first-order valence-electron chi connectivity index (χ1n) is 6.97. The molecule has 5 unspecified atom stereocenters. The molecule has 3 heteroatoms. The summed E-state index contributed by atoms with van der Waals surface area (Å²) in [5.74, 6) is 1.38. The molecule has 0 bridgehead atoms. The van der Waals surface area contributed by atoms with Gasteiger partial charge in [0, 0.05) is 18.0 Å². The van der Waals surface area contributed by atoms with Crippen molar-refractivity contribution in [3.63, 3.8) is 0 Å². The summed E-state index contributed by atoms with van der Waals surface area (Å²) in [6.07, 6.45) is 10.2. The van der Waals surface area contributed by atoms with E-state index in [9.17, 15) is 4.91 Å². The van der Waals surface area contributed by atoms with Crippen molar-refractivity contribution in [1.82, 2.24) is 5.32 Å². The van der Waals surface area contributed by atoms with Crippen molar-refractivity contribution in [3.05, 3.63) is 4.91 Å². The van der Waals surface area contributed by atoms with Crippen molar-refractivity contribution in [2.24, 2.45) is 17.0 Å². The Labute approximate surface area is 97.3 Å². The topological polar surface area (TPSA) is 41.5 Å². The van der Waals surface area contributed by atoms with Crippen LogP contribution in [-0.4, -0.2) is 18.1 Å². The first-order chi connectivity index (χ1) is 7.88. The number of nitrogens with one attached hydrogen (secondary N) is 1. The van der Waals surface area contributed by atoms with Gasteiger partial charge in [-0.3, -0.25) is 0 Å². The van der Waals surface area contributed by atoms with Crippen LogP contribution in [0.4, 0.5) is 0 Å². The average molecular weight is 222 g/mol. The molecule has 3 nitrogen and oxygen atoms in total. The maximum absolute atomic E-state index is 10.9. The largest absolute Gasteiger partial charge is 0.311 e. The number of rotatable bonds is 1. The second-order valence-electron chi connectivity index (χ2n) is 5.93. The van der Waals surface area contributed by atoms with Crippen LogP contribution in [0, 0.1) is 16.7 Å². The van der Waals surface area contributed by atoms with Crippen molar-refractivity contribution < 1.29 is 0 Å². The van der Waals surface area contributed by atoms with Crippen LogP contribution in [0.1, 0.15) is 51.4 Å². The Kier molecular flexibility index (Phi) is 2.97. The van der Waals surface area contributed by atoms with Crippen LogP contribution >= 0.6 is 0 Å². The molecule has 3 rings (SSSR count). The maximum atomic E-state index is 10.9. The monoisotopic (exact) mass is 222 g/mol. The summed E-state index contributed by atoms with van der Waals surface area (Å²) in [5, 5.41) is 7.20. The second-order valence-corrected chi connectivity index (χ2v) is 5.93. The molecule has 1 heterocycles. The molecular formula is C13H22N2O. The van der Waals surface area contributed by atoms with Crippen molar-refractivity contribution in [2.45, 2.75) is 69.5 Å². The number of hydrogen-bond acceptors (Lipinski definition) is 3. The molecule has 3 aliphatic rings. The predicted molar refractivity (Wildman–Crippen MR) is 64.2 cm³/mol. The van der Waals surface area contributed by atoms with Crippen molar-refractivity contribution >= 4 is 0 Å². The number of nitroso groups, excluding NO2 is 1. The molecule has 90 valence electrons. The summed E-state index contributed by atoms with van der Waals surface area (Å²) in [6, 6.07) is 1.45. The minimum atomic E-state index is 0.106. The van der Waals surface area contributed by atoms with Gasteiger partial charge in [-0.1, -0.05) is 18.0 Å². The molecule has 2 aliphatic carbocycles. The van der Waals surface area contributed by atoms with Crippen LogP contribution < -0.4 is 5.32 Å². The van der Waals surface area contributed by atoms with Gasteiger partial charge in [0.05, 0.1) is 6.04 Å². The van der Waals surface area contributed by atoms with Gasteiger partial charge < -0.3 is 5.32 Å². The highest BCUT2D eigenvalue weighted by Crippen LogP contribution is 2.41. The maximum Gasteiger partial charge on any atom is 0.0962 e. The number of hydrogen-bond donors (Lipinski definition) is 1. The quantitative estimate of drug-likeness (QED) is 0.693.